The van der Waals surface area contributed by atoms with Gasteiger partial charge in [0.1, 0.15) is 11.7 Å². The van der Waals surface area contributed by atoms with E-state index in [0.29, 0.717) is 32.7 Å². The van der Waals surface area contributed by atoms with Gasteiger partial charge < -0.3 is 9.80 Å². The van der Waals surface area contributed by atoms with Gasteiger partial charge in [0.15, 0.2) is 0 Å². The van der Waals surface area contributed by atoms with E-state index in [2.05, 4.69) is 26.4 Å². The van der Waals surface area contributed by atoms with Crippen LogP contribution in [0.3, 0.4) is 0 Å². The number of nitrogens with one attached hydrogen (secondary N) is 3. The highest BCUT2D eigenvalue weighted by molar-refractivity contribution is 5.82. The number of hydrogen-bond donors (Lipinski definition) is 3. The van der Waals surface area contributed by atoms with Crippen molar-refractivity contribution in [2.75, 3.05) is 37.6 Å². The third-order valence-corrected chi connectivity index (χ3v) is 4.95. The summed E-state index contributed by atoms with van der Waals surface area (Å²) in [6.07, 6.45) is -3.34. The highest BCUT2D eigenvalue weighted by atomic mass is 19.4. The molecule has 0 saturated carbocycles. The summed E-state index contributed by atoms with van der Waals surface area (Å²) >= 11 is 0. The monoisotopic (exact) mass is 357 g/mol. The molecule has 11 heteroatoms. The molecule has 0 spiro atoms. The summed E-state index contributed by atoms with van der Waals surface area (Å²) in [5.41, 5.74) is 7.49. The zero-order valence-corrected chi connectivity index (χ0v) is 13.3. The predicted molar refractivity (Wildman–Crippen MR) is 80.9 cm³/mol. The number of alkyl halides is 3. The van der Waals surface area contributed by atoms with Gasteiger partial charge in [0.2, 0.25) is 11.9 Å². The summed E-state index contributed by atoms with van der Waals surface area (Å²) in [5, 5.41) is 0. The highest BCUT2D eigenvalue weighted by Gasteiger charge is 2.44. The van der Waals surface area contributed by atoms with Gasteiger partial charge in [-0.1, -0.05) is 0 Å². The Morgan fingerprint density at radius 1 is 1.20 bits per heavy atom. The van der Waals surface area contributed by atoms with E-state index in [1.165, 1.54) is 0 Å². The van der Waals surface area contributed by atoms with Gasteiger partial charge in [0, 0.05) is 50.8 Å². The summed E-state index contributed by atoms with van der Waals surface area (Å²) in [6.45, 7) is 2.86. The Morgan fingerprint density at radius 3 is 2.52 bits per heavy atom. The van der Waals surface area contributed by atoms with Gasteiger partial charge >= 0.3 is 6.18 Å². The third-order valence-electron chi connectivity index (χ3n) is 4.95. The smallest absolute Gasteiger partial charge is 0.341 e. The lowest BCUT2D eigenvalue weighted by molar-refractivity contribution is -0.141. The third kappa shape index (κ3) is 3.14. The summed E-state index contributed by atoms with van der Waals surface area (Å²) in [6, 6.07) is 0.582. The molecule has 0 radical (unpaired) electrons. The molecule has 3 N–H and O–H groups in total. The van der Waals surface area contributed by atoms with Crippen LogP contribution >= 0.6 is 0 Å². The van der Waals surface area contributed by atoms with Gasteiger partial charge in [-0.15, -0.1) is 0 Å². The Balaban J connectivity index is 1.40. The van der Waals surface area contributed by atoms with E-state index in [9.17, 15) is 18.0 Å². The first kappa shape index (κ1) is 16.5. The van der Waals surface area contributed by atoms with Gasteiger partial charge in [0.05, 0.1) is 0 Å². The van der Waals surface area contributed by atoms with Crippen molar-refractivity contribution in [3.63, 3.8) is 0 Å². The normalized spacial score (nSPS) is 29.3. The second kappa shape index (κ2) is 6.07. The summed E-state index contributed by atoms with van der Waals surface area (Å²) in [7, 11) is 0. The van der Waals surface area contributed by atoms with Gasteiger partial charge in [-0.25, -0.2) is 20.8 Å². The standard InChI is InChI=1S/C14H18F3N7O/c15-14(16,17)11-1-2-18-13(20-11)24-6-8-4-23(5-9(8)7-24)12(25)10-3-19-22-21-10/h1-2,8-10,19,21-22H,3-7H2. The Morgan fingerprint density at radius 2 is 1.92 bits per heavy atom. The fourth-order valence-corrected chi connectivity index (χ4v) is 3.71. The van der Waals surface area contributed by atoms with E-state index in [-0.39, 0.29) is 29.7 Å². The summed E-state index contributed by atoms with van der Waals surface area (Å²) < 4.78 is 38.4. The number of nitrogens with zero attached hydrogens (tertiary/aromatic N) is 4. The van der Waals surface area contributed by atoms with Gasteiger partial charge in [0.25, 0.3) is 0 Å². The van der Waals surface area contributed by atoms with E-state index in [4.69, 9.17) is 0 Å². The molecule has 3 aliphatic rings. The maximum Gasteiger partial charge on any atom is 0.433 e. The molecular formula is C14H18F3N7O. The number of halogens is 3. The number of fused-ring (bicyclic) bond motifs is 1. The molecule has 0 aliphatic carbocycles. The van der Waals surface area contributed by atoms with Crippen LogP contribution < -0.4 is 21.3 Å². The first-order chi connectivity index (χ1) is 11.9. The number of hydrazine groups is 2. The van der Waals surface area contributed by atoms with Crippen molar-refractivity contribution in [2.45, 2.75) is 12.2 Å². The minimum atomic E-state index is -4.48. The molecule has 4 heterocycles. The first-order valence-corrected chi connectivity index (χ1v) is 8.09. The van der Waals surface area contributed by atoms with Crippen LogP contribution in [0, 0.1) is 11.8 Å². The van der Waals surface area contributed by atoms with Gasteiger partial charge in [-0.2, -0.15) is 18.7 Å². The van der Waals surface area contributed by atoms with Crippen molar-refractivity contribution in [3.05, 3.63) is 18.0 Å². The largest absolute Gasteiger partial charge is 0.433 e. The van der Waals surface area contributed by atoms with E-state index in [1.54, 1.807) is 4.90 Å². The van der Waals surface area contributed by atoms with Crippen LogP contribution in [-0.2, 0) is 11.0 Å². The van der Waals surface area contributed by atoms with Gasteiger partial charge in [-0.05, 0) is 6.07 Å². The number of anilines is 1. The molecule has 1 amide bonds. The summed E-state index contributed by atoms with van der Waals surface area (Å²) in [4.78, 5) is 23.7. The predicted octanol–water partition coefficient (Wildman–Crippen LogP) is -0.629. The zero-order valence-electron chi connectivity index (χ0n) is 13.3. The van der Waals surface area contributed by atoms with E-state index < -0.39 is 11.9 Å². The van der Waals surface area contributed by atoms with E-state index >= 15 is 0 Å². The van der Waals surface area contributed by atoms with Crippen LogP contribution in [-0.4, -0.2) is 59.5 Å². The quantitative estimate of drug-likeness (QED) is 0.650. The maximum atomic E-state index is 12.8. The van der Waals surface area contributed by atoms with Crippen LogP contribution in [0.2, 0.25) is 0 Å². The van der Waals surface area contributed by atoms with Crippen LogP contribution in [0.15, 0.2) is 12.3 Å². The van der Waals surface area contributed by atoms with Crippen molar-refractivity contribution >= 4 is 11.9 Å². The lowest BCUT2D eigenvalue weighted by Crippen LogP contribution is -2.46. The first-order valence-electron chi connectivity index (χ1n) is 8.09. The van der Waals surface area contributed by atoms with E-state index in [0.717, 1.165) is 12.3 Å². The molecule has 3 aliphatic heterocycles. The number of amides is 1. The number of carbonyl (C=O) groups is 1. The molecule has 3 unspecified atom stereocenters. The van der Waals surface area contributed by atoms with Crippen molar-refractivity contribution in [1.29, 1.82) is 0 Å². The van der Waals surface area contributed by atoms with Crippen LogP contribution in [0.4, 0.5) is 19.1 Å². The highest BCUT2D eigenvalue weighted by Crippen LogP contribution is 2.34. The molecule has 4 rings (SSSR count). The molecule has 3 saturated heterocycles. The average molecular weight is 357 g/mol. The topological polar surface area (TPSA) is 85.4 Å². The van der Waals surface area contributed by atoms with Crippen LogP contribution in [0.25, 0.3) is 0 Å². The second-order valence-electron chi connectivity index (χ2n) is 6.61. The molecule has 3 atom stereocenters. The molecule has 136 valence electrons. The Labute approximate surface area is 141 Å². The fraction of sp³-hybridized carbons (Fsp3) is 0.643. The van der Waals surface area contributed by atoms with Crippen molar-refractivity contribution in [2.24, 2.45) is 11.8 Å². The number of aromatic nitrogens is 2. The van der Waals surface area contributed by atoms with Crippen molar-refractivity contribution in [1.82, 2.24) is 31.3 Å². The lowest BCUT2D eigenvalue weighted by Gasteiger charge is -2.23. The molecule has 1 aromatic rings. The molecule has 0 aromatic carbocycles. The molecular weight excluding hydrogens is 339 g/mol. The summed E-state index contributed by atoms with van der Waals surface area (Å²) in [5.74, 6) is 0.593. The molecule has 3 fully saturated rings. The Hall–Kier alpha value is -1.98. The molecule has 25 heavy (non-hydrogen) atoms. The molecule has 1 aromatic heterocycles. The number of likely N-dealkylation sites (tertiary alicyclic amines) is 1. The number of rotatable bonds is 2. The van der Waals surface area contributed by atoms with Crippen molar-refractivity contribution < 1.29 is 18.0 Å². The fourth-order valence-electron chi connectivity index (χ4n) is 3.71. The van der Waals surface area contributed by atoms with Crippen LogP contribution in [0.5, 0.6) is 0 Å². The van der Waals surface area contributed by atoms with E-state index in [1.807, 2.05) is 4.90 Å². The minimum absolute atomic E-state index is 0.0359. The molecule has 8 nitrogen and oxygen atoms in total. The SMILES string of the molecule is O=C(C1CNNN1)N1CC2CN(c3nccc(C(F)(F)F)n3)CC2C1. The lowest BCUT2D eigenvalue weighted by atomic mass is 10.0. The zero-order chi connectivity index (χ0) is 17.6. The minimum Gasteiger partial charge on any atom is -0.341 e. The van der Waals surface area contributed by atoms with Crippen LogP contribution in [0.1, 0.15) is 5.69 Å². The second-order valence-corrected chi connectivity index (χ2v) is 6.61. The maximum absolute atomic E-state index is 12.8. The number of carbonyl (C=O) groups excluding carboxylic acids is 1. The van der Waals surface area contributed by atoms with Crippen molar-refractivity contribution in [3.8, 4) is 0 Å². The molecule has 0 bridgehead atoms. The Bertz CT molecular complexity index is 650. The average Bonchev–Trinajstić information content (AvgIpc) is 3.29. The number of hydrogen-bond acceptors (Lipinski definition) is 7. The van der Waals surface area contributed by atoms with Gasteiger partial charge in [-0.3, -0.25) is 4.79 Å². The Kier molecular flexibility index (Phi) is 4.01.